The fourth-order valence-electron chi connectivity index (χ4n) is 5.59. The first-order valence-electron chi connectivity index (χ1n) is 12.3. The molecule has 0 spiro atoms. The molecule has 1 aromatic rings. The van der Waals surface area contributed by atoms with E-state index in [1.807, 2.05) is 0 Å². The Morgan fingerprint density at radius 3 is 2.63 bits per heavy atom. The van der Waals surface area contributed by atoms with Crippen molar-refractivity contribution in [3.05, 3.63) is 47.5 Å². The molecule has 30 heavy (non-hydrogen) atoms. The van der Waals surface area contributed by atoms with Crippen LogP contribution in [0.3, 0.4) is 0 Å². The number of aryl methyl sites for hydroxylation is 1. The summed E-state index contributed by atoms with van der Waals surface area (Å²) in [6.07, 6.45) is 12.3. The smallest absolute Gasteiger partial charge is 0.226 e. The van der Waals surface area contributed by atoms with E-state index in [2.05, 4.69) is 48.4 Å². The average Bonchev–Trinajstić information content (AvgIpc) is 2.79. The van der Waals surface area contributed by atoms with E-state index in [-0.39, 0.29) is 5.92 Å². The number of fused-ring (bicyclic) bond motifs is 1. The van der Waals surface area contributed by atoms with Crippen LogP contribution in [-0.2, 0) is 17.6 Å². The fraction of sp³-hybridized carbons (Fsp3) is 0.654. The number of hydrogen-bond donors (Lipinski definition) is 2. The summed E-state index contributed by atoms with van der Waals surface area (Å²) < 4.78 is 0. The molecule has 1 fully saturated rings. The molecule has 4 nitrogen and oxygen atoms in total. The van der Waals surface area contributed by atoms with E-state index in [1.54, 1.807) is 9.80 Å². The Bertz CT molecular complexity index is 723. The minimum Gasteiger partial charge on any atom is -0.342 e. The number of quaternary nitrogens is 2. The second kappa shape index (κ2) is 10.6. The van der Waals surface area contributed by atoms with Gasteiger partial charge < -0.3 is 14.7 Å². The number of hydrogen-bond acceptors (Lipinski definition) is 1. The van der Waals surface area contributed by atoms with Gasteiger partial charge in [0.15, 0.2) is 0 Å². The zero-order valence-corrected chi connectivity index (χ0v) is 18.9. The van der Waals surface area contributed by atoms with Crippen molar-refractivity contribution in [1.29, 1.82) is 0 Å². The summed E-state index contributed by atoms with van der Waals surface area (Å²) in [5, 5.41) is 0. The summed E-state index contributed by atoms with van der Waals surface area (Å²) in [5.41, 5.74) is 2.85. The van der Waals surface area contributed by atoms with Crippen molar-refractivity contribution in [2.24, 2.45) is 11.8 Å². The lowest BCUT2D eigenvalue weighted by molar-refractivity contribution is -1.00. The van der Waals surface area contributed by atoms with Crippen LogP contribution in [0.4, 0.5) is 0 Å². The molecule has 1 heterocycles. The molecule has 2 aliphatic carbocycles. The van der Waals surface area contributed by atoms with Gasteiger partial charge in [-0.2, -0.15) is 0 Å². The molecule has 2 N–H and O–H groups in total. The Morgan fingerprint density at radius 2 is 1.87 bits per heavy atom. The molecule has 1 saturated heterocycles. The van der Waals surface area contributed by atoms with Gasteiger partial charge in [0.1, 0.15) is 26.2 Å². The molecule has 4 heteroatoms. The summed E-state index contributed by atoms with van der Waals surface area (Å²) in [6.45, 7) is 8.27. The molecule has 2 atom stereocenters. The normalized spacial score (nSPS) is 28.7. The predicted molar refractivity (Wildman–Crippen MR) is 122 cm³/mol. The maximum absolute atomic E-state index is 13.6. The monoisotopic (exact) mass is 411 g/mol. The number of nitrogens with zero attached hydrogens (tertiary/aromatic N) is 1. The van der Waals surface area contributed by atoms with Crippen LogP contribution < -0.4 is 9.80 Å². The zero-order valence-electron chi connectivity index (χ0n) is 18.9. The minimum absolute atomic E-state index is 0.179. The number of amides is 1. The number of carbonyl (C=O) groups is 1. The van der Waals surface area contributed by atoms with Crippen molar-refractivity contribution in [3.63, 3.8) is 0 Å². The van der Waals surface area contributed by atoms with Gasteiger partial charge in [0.25, 0.3) is 0 Å². The molecule has 164 valence electrons. The number of likely N-dealkylation sites (N-methyl/N-ethyl adjacent to an activating group) is 1. The lowest BCUT2D eigenvalue weighted by Crippen LogP contribution is -3.27. The van der Waals surface area contributed by atoms with Gasteiger partial charge >= 0.3 is 0 Å². The molecule has 0 unspecified atom stereocenters. The first-order valence-corrected chi connectivity index (χ1v) is 12.3. The van der Waals surface area contributed by atoms with Gasteiger partial charge in [-0.25, -0.2) is 0 Å². The molecule has 0 bridgehead atoms. The van der Waals surface area contributed by atoms with E-state index < -0.39 is 0 Å². The standard InChI is InChI=1S/C26H39N3O/c1-27-16-18-28(19-17-27)14-7-15-29(21-22-8-3-2-4-9-22)26(30)25-13-12-23-10-5-6-11-24(23)20-25/h2-3,5-6,10-11,22,25H,4,7-9,12-21H2,1H3/p+2/t22-,25+/m0/s1. The topological polar surface area (TPSA) is 29.2 Å². The summed E-state index contributed by atoms with van der Waals surface area (Å²) >= 11 is 0. The highest BCUT2D eigenvalue weighted by molar-refractivity contribution is 5.79. The maximum atomic E-state index is 13.6. The van der Waals surface area contributed by atoms with Gasteiger partial charge in [-0.05, 0) is 55.6 Å². The van der Waals surface area contributed by atoms with Crippen LogP contribution in [0, 0.1) is 11.8 Å². The largest absolute Gasteiger partial charge is 0.342 e. The van der Waals surface area contributed by atoms with E-state index in [9.17, 15) is 4.79 Å². The van der Waals surface area contributed by atoms with Crippen molar-refractivity contribution < 1.29 is 14.6 Å². The van der Waals surface area contributed by atoms with Crippen molar-refractivity contribution in [2.75, 3.05) is 52.9 Å². The molecular weight excluding hydrogens is 370 g/mol. The number of carbonyl (C=O) groups excluding carboxylic acids is 1. The number of nitrogens with one attached hydrogen (secondary N) is 2. The SMILES string of the molecule is C[NH+]1CC[NH+](CCCN(C[C@H]2CC=CCC2)C(=O)[C@@H]2CCc3ccccc3C2)CC1. The predicted octanol–water partition coefficient (Wildman–Crippen LogP) is 0.780. The number of rotatable bonds is 7. The van der Waals surface area contributed by atoms with Crippen molar-refractivity contribution in [1.82, 2.24) is 4.90 Å². The summed E-state index contributed by atoms with van der Waals surface area (Å²) in [4.78, 5) is 19.3. The fourth-order valence-corrected chi connectivity index (χ4v) is 5.59. The molecule has 0 radical (unpaired) electrons. The average molecular weight is 412 g/mol. The Morgan fingerprint density at radius 1 is 1.07 bits per heavy atom. The second-order valence-electron chi connectivity index (χ2n) is 9.95. The van der Waals surface area contributed by atoms with Crippen LogP contribution in [0.2, 0.25) is 0 Å². The van der Waals surface area contributed by atoms with Crippen molar-refractivity contribution in [2.45, 2.75) is 44.9 Å². The van der Waals surface area contributed by atoms with E-state index in [1.165, 1.54) is 56.7 Å². The highest BCUT2D eigenvalue weighted by Gasteiger charge is 2.30. The van der Waals surface area contributed by atoms with E-state index >= 15 is 0 Å². The van der Waals surface area contributed by atoms with Gasteiger partial charge in [-0.1, -0.05) is 36.4 Å². The molecule has 3 aliphatic rings. The van der Waals surface area contributed by atoms with Crippen LogP contribution in [0.25, 0.3) is 0 Å². The van der Waals surface area contributed by atoms with Crippen LogP contribution >= 0.6 is 0 Å². The lowest BCUT2D eigenvalue weighted by atomic mass is 9.83. The number of allylic oxidation sites excluding steroid dienone is 2. The molecule has 1 aliphatic heterocycles. The zero-order chi connectivity index (χ0) is 20.8. The Hall–Kier alpha value is -1.65. The highest BCUT2D eigenvalue weighted by atomic mass is 16.2. The second-order valence-corrected chi connectivity index (χ2v) is 9.95. The van der Waals surface area contributed by atoms with Crippen molar-refractivity contribution >= 4 is 5.91 Å². The first kappa shape index (κ1) is 21.6. The Kier molecular flexibility index (Phi) is 7.62. The van der Waals surface area contributed by atoms with Gasteiger partial charge in [0, 0.05) is 25.4 Å². The van der Waals surface area contributed by atoms with Crippen molar-refractivity contribution in [3.8, 4) is 0 Å². The van der Waals surface area contributed by atoms with Crippen LogP contribution in [0.15, 0.2) is 36.4 Å². The molecule has 4 rings (SSSR count). The Labute approximate surface area is 182 Å². The third-order valence-corrected chi connectivity index (χ3v) is 7.63. The quantitative estimate of drug-likeness (QED) is 0.638. The summed E-state index contributed by atoms with van der Waals surface area (Å²) in [5.74, 6) is 1.25. The van der Waals surface area contributed by atoms with Gasteiger partial charge in [-0.3, -0.25) is 4.79 Å². The van der Waals surface area contributed by atoms with E-state index in [0.29, 0.717) is 11.8 Å². The number of benzene rings is 1. The van der Waals surface area contributed by atoms with Crippen LogP contribution in [0.5, 0.6) is 0 Å². The lowest BCUT2D eigenvalue weighted by Gasteiger charge is -2.34. The maximum Gasteiger partial charge on any atom is 0.226 e. The van der Waals surface area contributed by atoms with Gasteiger partial charge in [0.05, 0.1) is 13.6 Å². The van der Waals surface area contributed by atoms with Crippen LogP contribution in [-0.4, -0.2) is 63.7 Å². The molecule has 0 saturated carbocycles. The highest BCUT2D eigenvalue weighted by Crippen LogP contribution is 2.28. The minimum atomic E-state index is 0.179. The third-order valence-electron chi connectivity index (χ3n) is 7.63. The molecule has 1 aromatic carbocycles. The third kappa shape index (κ3) is 5.73. The Balaban J connectivity index is 1.35. The summed E-state index contributed by atoms with van der Waals surface area (Å²) in [6, 6.07) is 8.72. The van der Waals surface area contributed by atoms with E-state index in [0.717, 1.165) is 45.2 Å². The molecule has 0 aromatic heterocycles. The van der Waals surface area contributed by atoms with E-state index in [4.69, 9.17) is 0 Å². The van der Waals surface area contributed by atoms with Gasteiger partial charge in [0.2, 0.25) is 5.91 Å². The first-order chi connectivity index (χ1) is 14.7. The molecule has 1 amide bonds. The summed E-state index contributed by atoms with van der Waals surface area (Å²) in [7, 11) is 2.30. The number of piperazine rings is 1. The molecular formula is C26H41N3O+2. The van der Waals surface area contributed by atoms with Gasteiger partial charge in [-0.15, -0.1) is 0 Å². The van der Waals surface area contributed by atoms with Crippen LogP contribution in [0.1, 0.15) is 43.2 Å².